The second kappa shape index (κ2) is 11.5. The topological polar surface area (TPSA) is 77.1 Å². The maximum Gasteiger partial charge on any atom is 0.255 e. The molecule has 43 heavy (non-hydrogen) atoms. The fraction of sp³-hybridized carbons (Fsp3) is 0.278. The largest absolute Gasteiger partial charge is 0.497 e. The number of nitrogens with one attached hydrogen (secondary N) is 1. The van der Waals surface area contributed by atoms with E-state index in [2.05, 4.69) is 26.1 Å². The summed E-state index contributed by atoms with van der Waals surface area (Å²) in [5.74, 6) is 1.19. The molecule has 1 heterocycles. The normalized spacial score (nSPS) is 17.0. The van der Waals surface area contributed by atoms with Crippen molar-refractivity contribution in [3.63, 3.8) is 0 Å². The van der Waals surface area contributed by atoms with Crippen LogP contribution in [0.15, 0.2) is 84.9 Å². The Hall–Kier alpha value is -4.78. The van der Waals surface area contributed by atoms with E-state index in [0.717, 1.165) is 28.0 Å². The number of nitrogens with zero attached hydrogens (tertiary/aromatic N) is 1. The monoisotopic (exact) mass is 578 g/mol. The van der Waals surface area contributed by atoms with Gasteiger partial charge in [-0.1, -0.05) is 61.5 Å². The highest BCUT2D eigenvalue weighted by molar-refractivity contribution is 6.07. The molecule has 0 saturated carbocycles. The second-order valence-corrected chi connectivity index (χ2v) is 11.7. The zero-order valence-corrected chi connectivity index (χ0v) is 25.8. The van der Waals surface area contributed by atoms with Crippen molar-refractivity contribution in [2.45, 2.75) is 45.1 Å². The first kappa shape index (κ1) is 29.7. The van der Waals surface area contributed by atoms with E-state index in [0.29, 0.717) is 34.9 Å². The Bertz CT molecular complexity index is 1650. The van der Waals surface area contributed by atoms with Gasteiger partial charge in [0.05, 0.1) is 27.0 Å². The van der Waals surface area contributed by atoms with E-state index in [9.17, 15) is 9.59 Å². The molecule has 4 aromatic rings. The number of benzene rings is 4. The Balaban J connectivity index is 1.65. The maximum atomic E-state index is 13.6. The summed E-state index contributed by atoms with van der Waals surface area (Å²) in [4.78, 5) is 28.6. The van der Waals surface area contributed by atoms with Crippen molar-refractivity contribution >= 4 is 23.2 Å². The third kappa shape index (κ3) is 5.31. The van der Waals surface area contributed by atoms with Crippen LogP contribution in [0.5, 0.6) is 17.2 Å². The van der Waals surface area contributed by atoms with Crippen molar-refractivity contribution in [1.82, 2.24) is 0 Å². The van der Waals surface area contributed by atoms with E-state index in [1.165, 1.54) is 0 Å². The minimum Gasteiger partial charge on any atom is -0.497 e. The van der Waals surface area contributed by atoms with Gasteiger partial charge in [-0.25, -0.2) is 0 Å². The molecule has 7 heteroatoms. The molecule has 0 aromatic heterocycles. The smallest absolute Gasteiger partial charge is 0.255 e. The Morgan fingerprint density at radius 1 is 0.791 bits per heavy atom. The minimum atomic E-state index is -0.592. The van der Waals surface area contributed by atoms with Gasteiger partial charge in [-0.15, -0.1) is 0 Å². The quantitative estimate of drug-likeness (QED) is 0.246. The van der Waals surface area contributed by atoms with E-state index in [4.69, 9.17) is 14.2 Å². The van der Waals surface area contributed by atoms with Crippen LogP contribution in [0.25, 0.3) is 11.1 Å². The number of rotatable bonds is 7. The van der Waals surface area contributed by atoms with Crippen molar-refractivity contribution in [1.29, 1.82) is 0 Å². The molecule has 1 unspecified atom stereocenters. The van der Waals surface area contributed by atoms with Crippen molar-refractivity contribution in [2.75, 3.05) is 31.5 Å². The SMILES string of the molecule is COc1ccc(C2(C)CC(C)(C)N(C(C)=O)c3cc(OC)c(NC(=O)c4ccc(-c5ccccc5)cc4)c(OC)c32)cc1. The van der Waals surface area contributed by atoms with E-state index >= 15 is 0 Å². The number of hydrogen-bond donors (Lipinski definition) is 1. The van der Waals surface area contributed by atoms with Crippen molar-refractivity contribution in [2.24, 2.45) is 0 Å². The van der Waals surface area contributed by atoms with Gasteiger partial charge < -0.3 is 24.4 Å². The molecule has 0 radical (unpaired) electrons. The van der Waals surface area contributed by atoms with E-state index in [-0.39, 0.29) is 11.8 Å². The highest BCUT2D eigenvalue weighted by Crippen LogP contribution is 2.57. The predicted octanol–water partition coefficient (Wildman–Crippen LogP) is 7.47. The van der Waals surface area contributed by atoms with Gasteiger partial charge in [-0.2, -0.15) is 0 Å². The number of carbonyl (C=O) groups is 2. The lowest BCUT2D eigenvalue weighted by molar-refractivity contribution is -0.117. The van der Waals surface area contributed by atoms with Crippen LogP contribution in [-0.4, -0.2) is 38.7 Å². The lowest BCUT2D eigenvalue weighted by Crippen LogP contribution is -2.55. The van der Waals surface area contributed by atoms with Crippen molar-refractivity contribution in [3.05, 3.63) is 102 Å². The summed E-state index contributed by atoms with van der Waals surface area (Å²) in [7, 11) is 4.76. The van der Waals surface area contributed by atoms with Crippen LogP contribution in [0, 0.1) is 0 Å². The second-order valence-electron chi connectivity index (χ2n) is 11.7. The van der Waals surface area contributed by atoms with Gasteiger partial charge in [0.15, 0.2) is 5.75 Å². The maximum absolute atomic E-state index is 13.6. The summed E-state index contributed by atoms with van der Waals surface area (Å²) in [5, 5.41) is 3.07. The van der Waals surface area contributed by atoms with Gasteiger partial charge in [-0.3, -0.25) is 9.59 Å². The molecule has 0 fully saturated rings. The lowest BCUT2D eigenvalue weighted by atomic mass is 9.64. The standard InChI is InChI=1S/C36H38N2O5/c1-23(39)38-29-21-30(42-6)32(37-34(40)26-15-13-25(14-16-26)24-11-9-8-10-12-24)33(43-7)31(29)36(4,22-35(38,2)3)27-17-19-28(41-5)20-18-27/h8-21H,22H2,1-7H3,(H,37,40). The molecule has 2 amide bonds. The summed E-state index contributed by atoms with van der Waals surface area (Å²) >= 11 is 0. The van der Waals surface area contributed by atoms with Crippen molar-refractivity contribution in [3.8, 4) is 28.4 Å². The third-order valence-electron chi connectivity index (χ3n) is 8.37. The third-order valence-corrected chi connectivity index (χ3v) is 8.37. The molecular weight excluding hydrogens is 540 g/mol. The molecule has 0 spiro atoms. The fourth-order valence-corrected chi connectivity index (χ4v) is 6.61. The van der Waals surface area contributed by atoms with Crippen molar-refractivity contribution < 1.29 is 23.8 Å². The Kier molecular flexibility index (Phi) is 7.93. The average molecular weight is 579 g/mol. The molecule has 4 aromatic carbocycles. The zero-order valence-electron chi connectivity index (χ0n) is 25.8. The molecule has 0 bridgehead atoms. The molecule has 7 nitrogen and oxygen atoms in total. The molecule has 1 N–H and O–H groups in total. The van der Waals surface area contributed by atoms with Crippen LogP contribution < -0.4 is 24.4 Å². The number of ether oxygens (including phenoxy) is 3. The van der Waals surface area contributed by atoms with Crippen LogP contribution in [0.1, 0.15) is 55.6 Å². The zero-order chi connectivity index (χ0) is 30.9. The first-order valence-electron chi connectivity index (χ1n) is 14.3. The molecule has 222 valence electrons. The Labute approximate surface area is 253 Å². The summed E-state index contributed by atoms with van der Waals surface area (Å²) < 4.78 is 17.3. The number of fused-ring (bicyclic) bond motifs is 1. The fourth-order valence-electron chi connectivity index (χ4n) is 6.61. The molecule has 5 rings (SSSR count). The number of anilines is 2. The Morgan fingerprint density at radius 3 is 1.98 bits per heavy atom. The highest BCUT2D eigenvalue weighted by Gasteiger charge is 2.50. The molecular formula is C36H38N2O5. The van der Waals surface area contributed by atoms with Crippen LogP contribution >= 0.6 is 0 Å². The molecule has 0 aliphatic carbocycles. The van der Waals surface area contributed by atoms with E-state index in [1.807, 2.05) is 72.8 Å². The van der Waals surface area contributed by atoms with Gasteiger partial charge in [0.2, 0.25) is 5.91 Å². The minimum absolute atomic E-state index is 0.0950. The molecule has 1 atom stereocenters. The Morgan fingerprint density at radius 2 is 1.42 bits per heavy atom. The first-order chi connectivity index (χ1) is 20.5. The summed E-state index contributed by atoms with van der Waals surface area (Å²) in [5.41, 5.74) is 4.37. The van der Waals surface area contributed by atoms with Crippen LogP contribution in [0.3, 0.4) is 0 Å². The van der Waals surface area contributed by atoms with E-state index < -0.39 is 11.0 Å². The van der Waals surface area contributed by atoms with Gasteiger partial charge in [0.1, 0.15) is 17.2 Å². The van der Waals surface area contributed by atoms with Gasteiger partial charge >= 0.3 is 0 Å². The summed E-state index contributed by atoms with van der Waals surface area (Å²) in [6.45, 7) is 7.84. The van der Waals surface area contributed by atoms with Gasteiger partial charge in [0, 0.05) is 35.1 Å². The summed E-state index contributed by atoms with van der Waals surface area (Å²) in [6, 6.07) is 27.2. The molecule has 1 aliphatic rings. The number of methoxy groups -OCH3 is 3. The summed E-state index contributed by atoms with van der Waals surface area (Å²) in [6.07, 6.45) is 0.607. The predicted molar refractivity (Wildman–Crippen MR) is 171 cm³/mol. The molecule has 1 aliphatic heterocycles. The van der Waals surface area contributed by atoms with Crippen LogP contribution in [-0.2, 0) is 10.2 Å². The number of carbonyl (C=O) groups excluding carboxylic acids is 2. The lowest BCUT2D eigenvalue weighted by Gasteiger charge is -2.51. The number of hydrogen-bond acceptors (Lipinski definition) is 5. The molecule has 0 saturated heterocycles. The van der Waals surface area contributed by atoms with Crippen LogP contribution in [0.4, 0.5) is 11.4 Å². The number of amides is 2. The van der Waals surface area contributed by atoms with Crippen LogP contribution in [0.2, 0.25) is 0 Å². The highest BCUT2D eigenvalue weighted by atomic mass is 16.5. The average Bonchev–Trinajstić information content (AvgIpc) is 3.00. The van der Waals surface area contributed by atoms with E-state index in [1.54, 1.807) is 45.3 Å². The van der Waals surface area contributed by atoms with Gasteiger partial charge in [0.25, 0.3) is 5.91 Å². The first-order valence-corrected chi connectivity index (χ1v) is 14.3. The van der Waals surface area contributed by atoms with Gasteiger partial charge in [-0.05, 0) is 61.2 Å².